The molecule has 2 heterocycles. The van der Waals surface area contributed by atoms with E-state index in [4.69, 9.17) is 14.2 Å². The molecule has 6 nitrogen and oxygen atoms in total. The lowest BCUT2D eigenvalue weighted by molar-refractivity contribution is -0.143. The summed E-state index contributed by atoms with van der Waals surface area (Å²) in [5.74, 6) is 0.820. The summed E-state index contributed by atoms with van der Waals surface area (Å²) < 4.78 is 17.6. The van der Waals surface area contributed by atoms with Gasteiger partial charge >= 0.3 is 5.97 Å². The number of hydrogen-bond acceptors (Lipinski definition) is 6. The van der Waals surface area contributed by atoms with Crippen LogP contribution in [-0.2, 0) is 11.4 Å². The molecule has 1 aliphatic rings. The Labute approximate surface area is 198 Å². The summed E-state index contributed by atoms with van der Waals surface area (Å²) in [5.41, 5.74) is 2.09. The molecule has 33 heavy (non-hydrogen) atoms. The van der Waals surface area contributed by atoms with E-state index >= 15 is 0 Å². The molecule has 0 radical (unpaired) electrons. The van der Waals surface area contributed by atoms with Crippen molar-refractivity contribution in [2.75, 3.05) is 27.3 Å². The van der Waals surface area contributed by atoms with Crippen LogP contribution in [-0.4, -0.2) is 43.3 Å². The van der Waals surface area contributed by atoms with Crippen LogP contribution < -0.4 is 14.2 Å². The van der Waals surface area contributed by atoms with Gasteiger partial charge in [-0.1, -0.05) is 36.4 Å². The fourth-order valence-electron chi connectivity index (χ4n) is 4.34. The summed E-state index contributed by atoms with van der Waals surface area (Å²) in [6.45, 7) is 1.84. The molecule has 4 rings (SSSR count). The van der Waals surface area contributed by atoms with Crippen molar-refractivity contribution in [1.82, 2.24) is 4.90 Å². The van der Waals surface area contributed by atoms with Gasteiger partial charge in [0.25, 0.3) is 0 Å². The number of nitrogens with zero attached hydrogens (tertiary/aromatic N) is 1. The Morgan fingerprint density at radius 1 is 1.06 bits per heavy atom. The third-order valence-electron chi connectivity index (χ3n) is 6.08. The molecular weight excluding hydrogens is 438 g/mol. The molecule has 0 spiro atoms. The van der Waals surface area contributed by atoms with E-state index in [1.165, 1.54) is 4.88 Å². The second-order valence-electron chi connectivity index (χ2n) is 8.10. The van der Waals surface area contributed by atoms with Gasteiger partial charge in [0.2, 0.25) is 5.75 Å². The molecular formula is C26H29NO5S. The van der Waals surface area contributed by atoms with Gasteiger partial charge in [0.05, 0.1) is 26.2 Å². The maximum Gasteiger partial charge on any atom is 0.306 e. The second kappa shape index (κ2) is 10.7. The maximum atomic E-state index is 11.4. The third kappa shape index (κ3) is 5.31. The fourth-order valence-corrected chi connectivity index (χ4v) is 5.22. The molecule has 7 heteroatoms. The summed E-state index contributed by atoms with van der Waals surface area (Å²) in [4.78, 5) is 15.0. The largest absolute Gasteiger partial charge is 0.493 e. The van der Waals surface area contributed by atoms with Gasteiger partial charge in [-0.15, -0.1) is 11.3 Å². The first-order valence-corrected chi connectivity index (χ1v) is 11.9. The van der Waals surface area contributed by atoms with E-state index in [0.717, 1.165) is 24.2 Å². The Balaban J connectivity index is 1.65. The van der Waals surface area contributed by atoms with Crippen molar-refractivity contribution < 1.29 is 24.1 Å². The Morgan fingerprint density at radius 2 is 1.73 bits per heavy atom. The zero-order chi connectivity index (χ0) is 23.2. The topological polar surface area (TPSA) is 68.2 Å². The van der Waals surface area contributed by atoms with Gasteiger partial charge in [-0.2, -0.15) is 0 Å². The van der Waals surface area contributed by atoms with Crippen molar-refractivity contribution in [3.63, 3.8) is 0 Å². The number of benzene rings is 2. The molecule has 1 saturated heterocycles. The van der Waals surface area contributed by atoms with Crippen molar-refractivity contribution in [3.8, 4) is 17.2 Å². The highest BCUT2D eigenvalue weighted by Gasteiger charge is 2.32. The monoisotopic (exact) mass is 467 g/mol. The Hall–Kier alpha value is -3.03. The highest BCUT2D eigenvalue weighted by atomic mass is 32.1. The van der Waals surface area contributed by atoms with Gasteiger partial charge in [-0.25, -0.2) is 0 Å². The van der Waals surface area contributed by atoms with Crippen molar-refractivity contribution in [1.29, 1.82) is 0 Å². The molecule has 0 bridgehead atoms. The molecule has 174 valence electrons. The van der Waals surface area contributed by atoms with E-state index in [0.29, 0.717) is 36.7 Å². The van der Waals surface area contributed by atoms with Crippen LogP contribution >= 0.6 is 11.3 Å². The highest BCUT2D eigenvalue weighted by Crippen LogP contribution is 2.44. The number of carboxylic acid groups (broad SMARTS) is 1. The zero-order valence-electron chi connectivity index (χ0n) is 18.9. The maximum absolute atomic E-state index is 11.4. The molecule has 2 aromatic carbocycles. The number of ether oxygens (including phenoxy) is 3. The number of methoxy groups -OCH3 is 2. The first kappa shape index (κ1) is 23.1. The average molecular weight is 468 g/mol. The van der Waals surface area contributed by atoms with E-state index < -0.39 is 5.97 Å². The molecule has 1 N–H and O–H groups in total. The lowest BCUT2D eigenvalue weighted by Gasteiger charge is -2.36. The van der Waals surface area contributed by atoms with Gasteiger partial charge in [0.1, 0.15) is 6.61 Å². The van der Waals surface area contributed by atoms with Crippen molar-refractivity contribution in [2.45, 2.75) is 25.5 Å². The minimum Gasteiger partial charge on any atom is -0.493 e. The van der Waals surface area contributed by atoms with E-state index in [9.17, 15) is 9.90 Å². The summed E-state index contributed by atoms with van der Waals surface area (Å²) >= 11 is 1.69. The summed E-state index contributed by atoms with van der Waals surface area (Å²) in [6, 6.07) is 18.1. The number of carboxylic acids is 1. The Kier molecular flexibility index (Phi) is 7.52. The molecule has 1 aromatic heterocycles. The van der Waals surface area contributed by atoms with Crippen LogP contribution in [0.15, 0.2) is 60.0 Å². The van der Waals surface area contributed by atoms with Crippen molar-refractivity contribution in [2.24, 2.45) is 5.92 Å². The first-order chi connectivity index (χ1) is 16.1. The number of thiophene rings is 1. The van der Waals surface area contributed by atoms with Crippen LogP contribution in [0, 0.1) is 5.92 Å². The van der Waals surface area contributed by atoms with Gasteiger partial charge in [0, 0.05) is 4.88 Å². The predicted octanol–water partition coefficient (Wildman–Crippen LogP) is 5.23. The third-order valence-corrected chi connectivity index (χ3v) is 7.01. The van der Waals surface area contributed by atoms with Crippen LogP contribution in [0.25, 0.3) is 0 Å². The molecule has 3 aromatic rings. The Morgan fingerprint density at radius 3 is 2.27 bits per heavy atom. The summed E-state index contributed by atoms with van der Waals surface area (Å²) in [7, 11) is 3.26. The number of likely N-dealkylation sites (tertiary alicyclic amines) is 1. The number of carbonyl (C=O) groups is 1. The number of piperidine rings is 1. The smallest absolute Gasteiger partial charge is 0.306 e. The first-order valence-electron chi connectivity index (χ1n) is 11.0. The molecule has 0 aliphatic carbocycles. The number of rotatable bonds is 9. The van der Waals surface area contributed by atoms with Crippen LogP contribution in [0.2, 0.25) is 0 Å². The molecule has 0 amide bonds. The van der Waals surface area contributed by atoms with E-state index in [1.807, 2.05) is 48.5 Å². The molecule has 1 aliphatic heterocycles. The van der Waals surface area contributed by atoms with E-state index in [-0.39, 0.29) is 12.0 Å². The molecule has 0 saturated carbocycles. The molecule has 1 unspecified atom stereocenters. The number of hydrogen-bond donors (Lipinski definition) is 1. The predicted molar refractivity (Wildman–Crippen MR) is 128 cm³/mol. The van der Waals surface area contributed by atoms with Crippen molar-refractivity contribution >= 4 is 17.3 Å². The fraction of sp³-hybridized carbons (Fsp3) is 0.346. The van der Waals surface area contributed by atoms with Gasteiger partial charge in [0.15, 0.2) is 11.5 Å². The molecule has 1 fully saturated rings. The molecule has 1 atom stereocenters. The standard InChI is InChI=1S/C26H29NO5S/c1-30-21-15-20(16-22(31-2)25(21)32-17-18-7-4-3-5-8-18)24(23-9-6-14-33-23)27-12-10-19(11-13-27)26(28)29/h3-9,14-16,19,24H,10-13,17H2,1-2H3,(H,28,29). The quantitative estimate of drug-likeness (QED) is 0.465. The van der Waals surface area contributed by atoms with Crippen LogP contribution in [0.1, 0.15) is 34.9 Å². The zero-order valence-corrected chi connectivity index (χ0v) is 19.7. The number of aliphatic carboxylic acids is 1. The minimum absolute atomic E-state index is 0.00859. The van der Waals surface area contributed by atoms with E-state index in [2.05, 4.69) is 16.3 Å². The van der Waals surface area contributed by atoms with Gasteiger partial charge in [-0.05, 0) is 60.6 Å². The summed E-state index contributed by atoms with van der Waals surface area (Å²) in [5, 5.41) is 11.5. The normalized spacial score (nSPS) is 15.7. The highest BCUT2D eigenvalue weighted by molar-refractivity contribution is 7.10. The average Bonchev–Trinajstić information content (AvgIpc) is 3.38. The lowest BCUT2D eigenvalue weighted by Crippen LogP contribution is -2.39. The lowest BCUT2D eigenvalue weighted by atomic mass is 9.93. The van der Waals surface area contributed by atoms with Gasteiger partial charge in [-0.3, -0.25) is 9.69 Å². The van der Waals surface area contributed by atoms with Crippen LogP contribution in [0.4, 0.5) is 0 Å². The SMILES string of the molecule is COc1cc(C(c2cccs2)N2CCC(C(=O)O)CC2)cc(OC)c1OCc1ccccc1. The van der Waals surface area contributed by atoms with E-state index in [1.54, 1.807) is 25.6 Å². The van der Waals surface area contributed by atoms with Crippen molar-refractivity contribution in [3.05, 3.63) is 76.0 Å². The Bertz CT molecular complexity index is 1020. The second-order valence-corrected chi connectivity index (χ2v) is 9.07. The van der Waals surface area contributed by atoms with Crippen LogP contribution in [0.3, 0.4) is 0 Å². The van der Waals surface area contributed by atoms with Gasteiger partial charge < -0.3 is 19.3 Å². The summed E-state index contributed by atoms with van der Waals surface area (Å²) in [6.07, 6.45) is 1.29. The van der Waals surface area contributed by atoms with Crippen LogP contribution in [0.5, 0.6) is 17.2 Å². The minimum atomic E-state index is -0.703.